The van der Waals surface area contributed by atoms with E-state index in [0.29, 0.717) is 26.2 Å². The number of pyridine rings is 1. The van der Waals surface area contributed by atoms with Gasteiger partial charge in [-0.25, -0.2) is 0 Å². The van der Waals surface area contributed by atoms with Gasteiger partial charge in [0.1, 0.15) is 18.1 Å². The number of aliphatic hydroxyl groups is 2. The van der Waals surface area contributed by atoms with Crippen LogP contribution in [-0.4, -0.2) is 70.4 Å². The fourth-order valence-electron chi connectivity index (χ4n) is 8.52. The molecule has 9 nitrogen and oxygen atoms in total. The number of fused-ring (bicyclic) bond motifs is 2. The van der Waals surface area contributed by atoms with E-state index in [2.05, 4.69) is 30.6 Å². The van der Waals surface area contributed by atoms with Crippen LogP contribution in [0.3, 0.4) is 0 Å². The maximum atomic E-state index is 9.84. The summed E-state index contributed by atoms with van der Waals surface area (Å²) in [6.45, 7) is 9.93. The Morgan fingerprint density at radius 2 is 1.94 bits per heavy atom. The van der Waals surface area contributed by atoms with Crippen molar-refractivity contribution in [2.75, 3.05) is 32.2 Å². The molecule has 1 aromatic carbocycles. The average Bonchev–Trinajstić information content (AvgIpc) is 3.15. The minimum Gasteiger partial charge on any atom is -0.487 e. The van der Waals surface area contributed by atoms with Crippen molar-refractivity contribution in [1.82, 2.24) is 4.98 Å². The maximum absolute atomic E-state index is 9.84. The minimum atomic E-state index is -0.960. The van der Waals surface area contributed by atoms with Crippen LogP contribution in [0.4, 0.5) is 0 Å². The van der Waals surface area contributed by atoms with Crippen molar-refractivity contribution in [3.63, 3.8) is 0 Å². The van der Waals surface area contributed by atoms with Gasteiger partial charge in [0.2, 0.25) is 12.1 Å². The summed E-state index contributed by atoms with van der Waals surface area (Å²) in [7, 11) is 0. The molecule has 1 saturated heterocycles. The summed E-state index contributed by atoms with van der Waals surface area (Å²) in [5.74, 6) is 1.83. The van der Waals surface area contributed by atoms with Gasteiger partial charge in [-0.1, -0.05) is 43.1 Å². The summed E-state index contributed by atoms with van der Waals surface area (Å²) >= 11 is 1.84. The van der Waals surface area contributed by atoms with E-state index < -0.39 is 5.79 Å². The highest BCUT2D eigenvalue weighted by atomic mass is 32.2. The first-order valence-electron chi connectivity index (χ1n) is 19.0. The van der Waals surface area contributed by atoms with E-state index in [9.17, 15) is 10.2 Å². The molecule has 0 spiro atoms. The average molecular weight is 721 g/mol. The van der Waals surface area contributed by atoms with Crippen LogP contribution in [-0.2, 0) is 20.9 Å². The van der Waals surface area contributed by atoms with Gasteiger partial charge in [-0.2, -0.15) is 11.8 Å². The van der Waals surface area contributed by atoms with Crippen LogP contribution in [0.5, 0.6) is 11.5 Å². The third-order valence-corrected chi connectivity index (χ3v) is 12.0. The molecule has 7 atom stereocenters. The van der Waals surface area contributed by atoms with Crippen molar-refractivity contribution in [3.8, 4) is 11.5 Å². The molecule has 1 saturated carbocycles. The van der Waals surface area contributed by atoms with E-state index in [1.807, 2.05) is 55.1 Å². The molecule has 2 aliphatic heterocycles. The molecule has 7 unspecified atom stereocenters. The Hall–Kier alpha value is -2.89. The zero-order valence-electron chi connectivity index (χ0n) is 30.3. The molecule has 51 heavy (non-hydrogen) atoms. The molecule has 3 heterocycles. The van der Waals surface area contributed by atoms with Gasteiger partial charge in [0.25, 0.3) is 0 Å². The fourth-order valence-corrected chi connectivity index (χ4v) is 9.69. The molecular weight excluding hydrogens is 665 g/mol. The predicted octanol–water partition coefficient (Wildman–Crippen LogP) is 7.88. The van der Waals surface area contributed by atoms with Crippen LogP contribution in [0.15, 0.2) is 65.9 Å². The van der Waals surface area contributed by atoms with Crippen LogP contribution in [0.2, 0.25) is 0 Å². The number of aromatic nitrogens is 1. The van der Waals surface area contributed by atoms with Crippen molar-refractivity contribution in [2.45, 2.75) is 108 Å². The summed E-state index contributed by atoms with van der Waals surface area (Å²) in [5, 5.41) is 24.5. The Morgan fingerprint density at radius 1 is 1.10 bits per heavy atom. The van der Waals surface area contributed by atoms with Gasteiger partial charge in [0.05, 0.1) is 35.8 Å². The lowest BCUT2D eigenvalue weighted by Crippen LogP contribution is -2.64. The Morgan fingerprint density at radius 3 is 2.69 bits per heavy atom. The van der Waals surface area contributed by atoms with E-state index in [1.54, 1.807) is 0 Å². The van der Waals surface area contributed by atoms with Gasteiger partial charge in [0.15, 0.2) is 0 Å². The first kappa shape index (κ1) is 37.9. The summed E-state index contributed by atoms with van der Waals surface area (Å²) in [4.78, 5) is 10.8. The number of hydrogen-bond donors (Lipinski definition) is 2. The molecular formula is C41H56N2O7S. The third-order valence-electron chi connectivity index (χ3n) is 10.7. The van der Waals surface area contributed by atoms with Crippen LogP contribution >= 0.6 is 11.8 Å². The van der Waals surface area contributed by atoms with Crippen molar-refractivity contribution in [2.24, 2.45) is 22.9 Å². The van der Waals surface area contributed by atoms with E-state index in [-0.39, 0.29) is 48.4 Å². The zero-order chi connectivity index (χ0) is 35.6. The first-order chi connectivity index (χ1) is 25.0. The van der Waals surface area contributed by atoms with E-state index in [0.717, 1.165) is 103 Å². The Labute approximate surface area is 307 Å². The Balaban J connectivity index is 1.48. The number of hydrogen-bond acceptors (Lipinski definition) is 10. The van der Waals surface area contributed by atoms with E-state index in [1.165, 1.54) is 0 Å². The van der Waals surface area contributed by atoms with Gasteiger partial charge in [-0.15, -0.1) is 6.58 Å². The van der Waals surface area contributed by atoms with Crippen molar-refractivity contribution in [3.05, 3.63) is 77.7 Å². The predicted molar refractivity (Wildman–Crippen MR) is 201 cm³/mol. The molecule has 2 aliphatic carbocycles. The number of benzene rings is 1. The topological polar surface area (TPSA) is 112 Å². The number of oxime groups is 1. The standard InChI is InChI=1S/C41H56N2O7S/c1-4-22-48-41-37(51-5-2)26-35(43-50-38-17-8-11-23-46-38)33-24-29(14-6-9-20-44)32(16-7-10-21-45)39(40(33)41)34-25-31(18-19-36(34)49-41)47-27-30-15-12-13-28(3)42-30/h4,12-13,15,18-19,24-25,29,32,37-40,44-45H,1,5-11,14,16-17,20-23,26-27H2,2-3H3. The molecule has 278 valence electrons. The van der Waals surface area contributed by atoms with E-state index in [4.69, 9.17) is 28.9 Å². The number of allylic oxidation sites excluding steroid dienone is 1. The lowest BCUT2D eigenvalue weighted by Gasteiger charge is -2.58. The molecule has 0 radical (unpaired) electrons. The summed E-state index contributed by atoms with van der Waals surface area (Å²) in [6.07, 6.45) is 12.7. The fraction of sp³-hybridized carbons (Fsp3) is 0.610. The second kappa shape index (κ2) is 18.2. The highest BCUT2D eigenvalue weighted by Crippen LogP contribution is 2.62. The molecule has 0 amide bonds. The molecule has 2 aromatic rings. The molecule has 4 aliphatic rings. The van der Waals surface area contributed by atoms with Gasteiger partial charge >= 0.3 is 0 Å². The molecule has 0 bridgehead atoms. The van der Waals surface area contributed by atoms with Crippen LogP contribution in [0.1, 0.15) is 94.0 Å². The van der Waals surface area contributed by atoms with Gasteiger partial charge in [-0.3, -0.25) is 4.98 Å². The normalized spacial score (nSPS) is 29.0. The van der Waals surface area contributed by atoms with Crippen molar-refractivity contribution < 1.29 is 34.0 Å². The minimum absolute atomic E-state index is 0.0217. The molecule has 10 heteroatoms. The van der Waals surface area contributed by atoms with Crippen molar-refractivity contribution in [1.29, 1.82) is 0 Å². The SMILES string of the molecule is C=CCOC12Oc3ccc(OCc4cccc(C)n4)cc3C3C(CCCCO)C(CCCCO)C=C(C(=NOC4CCCCO4)CC1SCC)C32. The smallest absolute Gasteiger partial charge is 0.230 e. The number of aliphatic hydroxyl groups excluding tert-OH is 2. The second-order valence-electron chi connectivity index (χ2n) is 14.2. The first-order valence-corrected chi connectivity index (χ1v) is 20.1. The lowest BCUT2D eigenvalue weighted by molar-refractivity contribution is -0.223. The summed E-state index contributed by atoms with van der Waals surface area (Å²) in [5.41, 5.74) is 5.01. The largest absolute Gasteiger partial charge is 0.487 e. The van der Waals surface area contributed by atoms with Gasteiger partial charge < -0.3 is 34.0 Å². The summed E-state index contributed by atoms with van der Waals surface area (Å²) in [6, 6.07) is 12.2. The highest BCUT2D eigenvalue weighted by molar-refractivity contribution is 8.00. The zero-order valence-corrected chi connectivity index (χ0v) is 31.2. The third kappa shape index (κ3) is 8.68. The molecule has 2 fully saturated rings. The van der Waals surface area contributed by atoms with Crippen LogP contribution in [0, 0.1) is 24.7 Å². The monoisotopic (exact) mass is 720 g/mol. The molecule has 6 rings (SSSR count). The van der Waals surface area contributed by atoms with Gasteiger partial charge in [0, 0.05) is 43.2 Å². The number of thioether (sulfide) groups is 1. The van der Waals surface area contributed by atoms with Crippen molar-refractivity contribution >= 4 is 17.5 Å². The Kier molecular flexibility index (Phi) is 13.5. The molecule has 2 N–H and O–H groups in total. The van der Waals surface area contributed by atoms with E-state index >= 15 is 0 Å². The second-order valence-corrected chi connectivity index (χ2v) is 15.6. The Bertz CT molecular complexity index is 1510. The van der Waals surface area contributed by atoms with Gasteiger partial charge in [-0.05, 0) is 98.9 Å². The number of nitrogens with zero attached hydrogens (tertiary/aromatic N) is 2. The molecule has 1 aromatic heterocycles. The highest BCUT2D eigenvalue weighted by Gasteiger charge is 2.63. The lowest BCUT2D eigenvalue weighted by atomic mass is 9.56. The quantitative estimate of drug-likeness (QED) is 0.0903. The number of unbranched alkanes of at least 4 members (excludes halogenated alkanes) is 2. The van der Waals surface area contributed by atoms with Crippen LogP contribution in [0.25, 0.3) is 0 Å². The number of ether oxygens (including phenoxy) is 4. The van der Waals surface area contributed by atoms with Crippen LogP contribution < -0.4 is 9.47 Å². The maximum Gasteiger partial charge on any atom is 0.230 e. The number of rotatable bonds is 18. The summed E-state index contributed by atoms with van der Waals surface area (Å²) < 4.78 is 26.5. The number of aryl methyl sites for hydroxylation is 1.